The Morgan fingerprint density at radius 3 is 2.62 bits per heavy atom. The summed E-state index contributed by atoms with van der Waals surface area (Å²) in [5.74, 6) is 0.381. The predicted octanol–water partition coefficient (Wildman–Crippen LogP) is 2.70. The van der Waals surface area contributed by atoms with Crippen molar-refractivity contribution in [2.75, 3.05) is 0 Å². The molecule has 0 spiro atoms. The van der Waals surface area contributed by atoms with Crippen LogP contribution in [0.5, 0.6) is 0 Å². The first kappa shape index (κ1) is 11.6. The minimum absolute atomic E-state index is 0.0682. The highest BCUT2D eigenvalue weighted by molar-refractivity contribution is 9.10. The Morgan fingerprint density at radius 2 is 2.00 bits per heavy atom. The zero-order valence-corrected chi connectivity index (χ0v) is 10.8. The fraction of sp³-hybridized carbons (Fsp3) is 0. The molecule has 0 radical (unpaired) electrons. The van der Waals surface area contributed by atoms with E-state index in [9.17, 15) is 4.79 Å². The third kappa shape index (κ3) is 2.11. The molecule has 4 nitrogen and oxygen atoms in total. The molecule has 2 aromatic rings. The van der Waals surface area contributed by atoms with Gasteiger partial charge in [-0.05, 0) is 28.1 Å². The fourth-order valence-electron chi connectivity index (χ4n) is 1.07. The SMILES string of the molecule is O=c1c(Cl)c(Cl)cnn1-c1ccc(Br)cn1. The summed E-state index contributed by atoms with van der Waals surface area (Å²) >= 11 is 14.6. The standard InChI is InChI=1S/C9H4BrCl2N3O/c10-5-1-2-7(13-3-5)15-9(16)8(12)6(11)4-14-15/h1-4H. The van der Waals surface area contributed by atoms with E-state index in [1.807, 2.05) is 0 Å². The number of nitrogens with zero attached hydrogens (tertiary/aromatic N) is 3. The van der Waals surface area contributed by atoms with E-state index in [0.29, 0.717) is 5.82 Å². The number of rotatable bonds is 1. The summed E-state index contributed by atoms with van der Waals surface area (Å²) < 4.78 is 1.89. The van der Waals surface area contributed by atoms with Gasteiger partial charge in [-0.1, -0.05) is 23.2 Å². The van der Waals surface area contributed by atoms with Crippen molar-refractivity contribution >= 4 is 39.1 Å². The molecule has 0 aliphatic rings. The molecular formula is C9H4BrCl2N3O. The molecule has 0 amide bonds. The molecule has 16 heavy (non-hydrogen) atoms. The second-order valence-electron chi connectivity index (χ2n) is 2.86. The Labute approximate surface area is 109 Å². The van der Waals surface area contributed by atoms with Crippen molar-refractivity contribution in [2.45, 2.75) is 0 Å². The summed E-state index contributed by atoms with van der Waals surface area (Å²) in [5, 5.41) is 3.91. The molecule has 2 heterocycles. The van der Waals surface area contributed by atoms with Crippen molar-refractivity contribution in [3.8, 4) is 5.82 Å². The first-order valence-electron chi connectivity index (χ1n) is 4.15. The van der Waals surface area contributed by atoms with Gasteiger partial charge in [0.1, 0.15) is 5.02 Å². The molecule has 0 atom stereocenters. The van der Waals surface area contributed by atoms with E-state index in [1.165, 1.54) is 6.20 Å². The predicted molar refractivity (Wildman–Crippen MR) is 65.3 cm³/mol. The topological polar surface area (TPSA) is 47.8 Å². The van der Waals surface area contributed by atoms with Gasteiger partial charge in [0.2, 0.25) is 0 Å². The summed E-state index contributed by atoms with van der Waals surface area (Å²) in [6.45, 7) is 0. The van der Waals surface area contributed by atoms with Gasteiger partial charge in [0.15, 0.2) is 5.82 Å². The maximum atomic E-state index is 11.7. The van der Waals surface area contributed by atoms with E-state index in [0.717, 1.165) is 9.15 Å². The van der Waals surface area contributed by atoms with Crippen LogP contribution in [0.3, 0.4) is 0 Å². The minimum atomic E-state index is -0.496. The van der Waals surface area contributed by atoms with Crippen LogP contribution in [-0.4, -0.2) is 14.8 Å². The molecule has 0 saturated heterocycles. The molecule has 2 aromatic heterocycles. The molecular weight excluding hydrogens is 317 g/mol. The molecule has 0 aromatic carbocycles. The van der Waals surface area contributed by atoms with Gasteiger partial charge in [-0.3, -0.25) is 4.79 Å². The number of hydrogen-bond donors (Lipinski definition) is 0. The van der Waals surface area contributed by atoms with Gasteiger partial charge < -0.3 is 0 Å². The number of hydrogen-bond acceptors (Lipinski definition) is 3. The van der Waals surface area contributed by atoms with Crippen molar-refractivity contribution in [1.29, 1.82) is 0 Å². The Balaban J connectivity index is 2.61. The smallest absolute Gasteiger partial charge is 0.266 e. The average Bonchev–Trinajstić information content (AvgIpc) is 2.28. The van der Waals surface area contributed by atoms with E-state index in [2.05, 4.69) is 26.0 Å². The fourth-order valence-corrected chi connectivity index (χ4v) is 1.56. The molecule has 0 bridgehead atoms. The molecule has 0 N–H and O–H groups in total. The zero-order valence-electron chi connectivity index (χ0n) is 7.69. The summed E-state index contributed by atoms with van der Waals surface area (Å²) in [4.78, 5) is 15.7. The van der Waals surface area contributed by atoms with E-state index < -0.39 is 5.56 Å². The van der Waals surface area contributed by atoms with Crippen LogP contribution >= 0.6 is 39.1 Å². The van der Waals surface area contributed by atoms with Gasteiger partial charge in [0.05, 0.1) is 11.2 Å². The van der Waals surface area contributed by atoms with Gasteiger partial charge in [0.25, 0.3) is 5.56 Å². The average molecular weight is 321 g/mol. The lowest BCUT2D eigenvalue weighted by Crippen LogP contribution is -2.22. The van der Waals surface area contributed by atoms with Crippen LogP contribution in [0, 0.1) is 0 Å². The second kappa shape index (κ2) is 4.53. The van der Waals surface area contributed by atoms with Gasteiger partial charge in [-0.25, -0.2) is 4.98 Å². The van der Waals surface area contributed by atoms with Crippen molar-refractivity contribution in [3.63, 3.8) is 0 Å². The Kier molecular flexibility index (Phi) is 3.28. The lowest BCUT2D eigenvalue weighted by atomic mass is 10.4. The first-order chi connectivity index (χ1) is 7.59. The molecule has 0 aliphatic heterocycles. The Bertz CT molecular complexity index is 582. The van der Waals surface area contributed by atoms with E-state index in [4.69, 9.17) is 23.2 Å². The molecule has 0 fully saturated rings. The first-order valence-corrected chi connectivity index (χ1v) is 5.70. The van der Waals surface area contributed by atoms with Crippen LogP contribution in [0.2, 0.25) is 10.0 Å². The highest BCUT2D eigenvalue weighted by atomic mass is 79.9. The van der Waals surface area contributed by atoms with Gasteiger partial charge in [-0.15, -0.1) is 0 Å². The molecule has 2 rings (SSSR count). The summed E-state index contributed by atoms with van der Waals surface area (Å²) in [6, 6.07) is 3.39. The molecule has 0 saturated carbocycles. The number of aromatic nitrogens is 3. The Morgan fingerprint density at radius 1 is 1.25 bits per heavy atom. The zero-order chi connectivity index (χ0) is 11.7. The second-order valence-corrected chi connectivity index (χ2v) is 4.56. The van der Waals surface area contributed by atoms with E-state index >= 15 is 0 Å². The summed E-state index contributed by atoms with van der Waals surface area (Å²) in [5.41, 5.74) is -0.496. The van der Waals surface area contributed by atoms with Crippen LogP contribution in [-0.2, 0) is 0 Å². The lowest BCUT2D eigenvalue weighted by molar-refractivity contribution is 0.781. The van der Waals surface area contributed by atoms with Crippen LogP contribution in [0.4, 0.5) is 0 Å². The van der Waals surface area contributed by atoms with Crippen LogP contribution in [0.25, 0.3) is 5.82 Å². The normalized spacial score (nSPS) is 10.4. The number of pyridine rings is 1. The molecule has 0 unspecified atom stereocenters. The van der Waals surface area contributed by atoms with Gasteiger partial charge in [-0.2, -0.15) is 9.78 Å². The third-order valence-electron chi connectivity index (χ3n) is 1.81. The lowest BCUT2D eigenvalue weighted by Gasteiger charge is -2.03. The van der Waals surface area contributed by atoms with Gasteiger partial charge >= 0.3 is 0 Å². The van der Waals surface area contributed by atoms with Crippen LogP contribution in [0.1, 0.15) is 0 Å². The van der Waals surface area contributed by atoms with Crippen LogP contribution in [0.15, 0.2) is 33.8 Å². The van der Waals surface area contributed by atoms with Crippen molar-refractivity contribution in [1.82, 2.24) is 14.8 Å². The van der Waals surface area contributed by atoms with Gasteiger partial charge in [0, 0.05) is 10.7 Å². The maximum absolute atomic E-state index is 11.7. The van der Waals surface area contributed by atoms with Crippen LogP contribution < -0.4 is 5.56 Å². The largest absolute Gasteiger partial charge is 0.293 e. The monoisotopic (exact) mass is 319 g/mol. The minimum Gasteiger partial charge on any atom is -0.266 e. The third-order valence-corrected chi connectivity index (χ3v) is 3.02. The highest BCUT2D eigenvalue weighted by Gasteiger charge is 2.09. The molecule has 0 aliphatic carbocycles. The van der Waals surface area contributed by atoms with E-state index in [-0.39, 0.29) is 10.0 Å². The number of halogens is 3. The molecule has 82 valence electrons. The molecule has 7 heteroatoms. The van der Waals surface area contributed by atoms with E-state index in [1.54, 1.807) is 18.3 Å². The Hall–Kier alpha value is -0.910. The summed E-state index contributed by atoms with van der Waals surface area (Å²) in [7, 11) is 0. The quantitative estimate of drug-likeness (QED) is 0.811. The summed E-state index contributed by atoms with van der Waals surface area (Å²) in [6.07, 6.45) is 2.86. The van der Waals surface area contributed by atoms with Crippen molar-refractivity contribution in [2.24, 2.45) is 0 Å². The highest BCUT2D eigenvalue weighted by Crippen LogP contribution is 2.16. The van der Waals surface area contributed by atoms with Crippen molar-refractivity contribution in [3.05, 3.63) is 49.4 Å². The van der Waals surface area contributed by atoms with Crippen molar-refractivity contribution < 1.29 is 0 Å². The maximum Gasteiger partial charge on any atom is 0.293 e.